The van der Waals surface area contributed by atoms with Gasteiger partial charge in [0.1, 0.15) is 0 Å². The maximum absolute atomic E-state index is 5.68. The second-order valence-electron chi connectivity index (χ2n) is 7.65. The quantitative estimate of drug-likeness (QED) is 0.294. The minimum Gasteiger partial charge on any atom is -0.381 e. The zero-order chi connectivity index (χ0) is 20.5. The van der Waals surface area contributed by atoms with E-state index in [0.29, 0.717) is 0 Å². The number of benzene rings is 1. The highest BCUT2D eigenvalue weighted by molar-refractivity contribution is 14.0. The normalized spacial score (nSPS) is 16.0. The number of aliphatic imine (C=N–C) groups is 1. The third-order valence-electron chi connectivity index (χ3n) is 5.63. The van der Waals surface area contributed by atoms with Gasteiger partial charge >= 0.3 is 0 Å². The van der Waals surface area contributed by atoms with Crippen molar-refractivity contribution >= 4 is 41.3 Å². The van der Waals surface area contributed by atoms with E-state index in [9.17, 15) is 0 Å². The van der Waals surface area contributed by atoms with Gasteiger partial charge in [0, 0.05) is 49.2 Å². The van der Waals surface area contributed by atoms with E-state index >= 15 is 0 Å². The van der Waals surface area contributed by atoms with Gasteiger partial charge in [-0.15, -0.1) is 35.3 Å². The molecule has 1 aromatic heterocycles. The molecule has 0 saturated carbocycles. The molecule has 1 saturated heterocycles. The molecule has 2 N–H and O–H groups in total. The Labute approximate surface area is 202 Å². The monoisotopic (exact) mass is 542 g/mol. The number of aryl methyl sites for hydroxylation is 2. The van der Waals surface area contributed by atoms with E-state index in [-0.39, 0.29) is 29.4 Å². The van der Waals surface area contributed by atoms with E-state index < -0.39 is 0 Å². The van der Waals surface area contributed by atoms with Crippen molar-refractivity contribution in [3.63, 3.8) is 0 Å². The number of rotatable bonds is 8. The van der Waals surface area contributed by atoms with Gasteiger partial charge in [0.25, 0.3) is 0 Å². The van der Waals surface area contributed by atoms with Gasteiger partial charge in [-0.3, -0.25) is 4.99 Å². The second-order valence-corrected chi connectivity index (χ2v) is 8.85. The third-order valence-corrected chi connectivity index (χ3v) is 6.83. The van der Waals surface area contributed by atoms with Crippen molar-refractivity contribution in [2.75, 3.05) is 32.8 Å². The van der Waals surface area contributed by atoms with Crippen LogP contribution in [-0.4, -0.2) is 43.8 Å². The van der Waals surface area contributed by atoms with Crippen LogP contribution in [0, 0.1) is 6.92 Å². The van der Waals surface area contributed by atoms with E-state index in [4.69, 9.17) is 9.73 Å². The Hall–Kier alpha value is -1.19. The van der Waals surface area contributed by atoms with Gasteiger partial charge in [0.15, 0.2) is 5.96 Å². The molecule has 2 heterocycles. The number of hydrogen-bond donors (Lipinski definition) is 2. The third kappa shape index (κ3) is 6.65. The number of aromatic nitrogens is 1. The molecule has 2 aromatic rings. The van der Waals surface area contributed by atoms with Crippen molar-refractivity contribution in [3.05, 3.63) is 51.5 Å². The van der Waals surface area contributed by atoms with Gasteiger partial charge < -0.3 is 15.4 Å². The largest absolute Gasteiger partial charge is 0.381 e. The molecule has 1 aliphatic heterocycles. The molecule has 1 fully saturated rings. The molecule has 0 unspecified atom stereocenters. The molecule has 0 amide bonds. The van der Waals surface area contributed by atoms with Crippen molar-refractivity contribution in [1.29, 1.82) is 0 Å². The van der Waals surface area contributed by atoms with Crippen molar-refractivity contribution in [1.82, 2.24) is 15.6 Å². The van der Waals surface area contributed by atoms with Crippen LogP contribution in [0.4, 0.5) is 0 Å². The van der Waals surface area contributed by atoms with Gasteiger partial charge in [-0.25, -0.2) is 4.98 Å². The first kappa shape index (κ1) is 25.1. The number of thiazole rings is 1. The Morgan fingerprint density at radius 2 is 1.97 bits per heavy atom. The lowest BCUT2D eigenvalue weighted by atomic mass is 9.72. The predicted molar refractivity (Wildman–Crippen MR) is 138 cm³/mol. The van der Waals surface area contributed by atoms with Gasteiger partial charge in [0.05, 0.1) is 11.6 Å². The number of nitrogens with one attached hydrogen (secondary N) is 2. The minimum atomic E-state index is 0. The van der Waals surface area contributed by atoms with Gasteiger partial charge in [-0.2, -0.15) is 0 Å². The molecule has 3 rings (SSSR count). The van der Waals surface area contributed by atoms with Crippen LogP contribution in [0.25, 0.3) is 0 Å². The first-order chi connectivity index (χ1) is 14.2. The zero-order valence-electron chi connectivity index (χ0n) is 18.4. The standard InChI is InChI=1S/C23H34N4OS.HI/c1-4-19-16-26-21(29-19)10-13-25-22(24-5-2)27-17-23(11-14-28-15-12-23)20-9-7-6-8-18(20)3;/h6-9,16H,4-5,10-15,17H2,1-3H3,(H2,24,25,27);1H. The molecule has 1 aromatic carbocycles. The lowest BCUT2D eigenvalue weighted by Gasteiger charge is -2.37. The molecule has 0 spiro atoms. The molecule has 7 heteroatoms. The summed E-state index contributed by atoms with van der Waals surface area (Å²) in [5.41, 5.74) is 2.81. The van der Waals surface area contributed by atoms with Crippen molar-refractivity contribution in [2.24, 2.45) is 4.99 Å². The summed E-state index contributed by atoms with van der Waals surface area (Å²) in [5.74, 6) is 0.888. The van der Waals surface area contributed by atoms with Crippen LogP contribution in [0.1, 0.15) is 47.7 Å². The van der Waals surface area contributed by atoms with E-state index in [1.54, 1.807) is 11.3 Å². The van der Waals surface area contributed by atoms with Crippen LogP contribution in [0.3, 0.4) is 0 Å². The van der Waals surface area contributed by atoms with Gasteiger partial charge in [-0.1, -0.05) is 31.2 Å². The average Bonchev–Trinajstić information content (AvgIpc) is 3.21. The Bertz CT molecular complexity index is 802. The first-order valence-electron chi connectivity index (χ1n) is 10.8. The maximum Gasteiger partial charge on any atom is 0.191 e. The van der Waals surface area contributed by atoms with Crippen LogP contribution < -0.4 is 10.6 Å². The lowest BCUT2D eigenvalue weighted by molar-refractivity contribution is 0.0529. The molecular formula is C23H35IN4OS. The number of guanidine groups is 1. The Morgan fingerprint density at radius 1 is 1.20 bits per heavy atom. The zero-order valence-corrected chi connectivity index (χ0v) is 21.5. The molecule has 0 atom stereocenters. The molecule has 5 nitrogen and oxygen atoms in total. The Morgan fingerprint density at radius 3 is 2.63 bits per heavy atom. The van der Waals surface area contributed by atoms with E-state index in [1.165, 1.54) is 21.0 Å². The molecule has 30 heavy (non-hydrogen) atoms. The SMILES string of the molecule is CCNC(=NCC1(c2ccccc2C)CCOCC1)NCCc1ncc(CC)s1.I. The summed E-state index contributed by atoms with van der Waals surface area (Å²) in [5, 5.41) is 8.08. The smallest absolute Gasteiger partial charge is 0.191 e. The molecular weight excluding hydrogens is 507 g/mol. The topological polar surface area (TPSA) is 58.5 Å². The predicted octanol–water partition coefficient (Wildman–Crippen LogP) is 4.48. The molecule has 0 bridgehead atoms. The van der Waals surface area contributed by atoms with Crippen LogP contribution in [-0.2, 0) is 23.0 Å². The molecule has 0 radical (unpaired) electrons. The van der Waals surface area contributed by atoms with Crippen LogP contribution in [0.5, 0.6) is 0 Å². The maximum atomic E-state index is 5.68. The Balaban J connectivity index is 0.00000320. The molecule has 166 valence electrons. The summed E-state index contributed by atoms with van der Waals surface area (Å²) in [6, 6.07) is 8.73. The number of hydrogen-bond acceptors (Lipinski definition) is 4. The van der Waals surface area contributed by atoms with Crippen LogP contribution in [0.2, 0.25) is 0 Å². The summed E-state index contributed by atoms with van der Waals surface area (Å²) in [6.07, 6.45) is 6.00. The summed E-state index contributed by atoms with van der Waals surface area (Å²) in [7, 11) is 0. The Kier molecular flexibility index (Phi) is 10.5. The highest BCUT2D eigenvalue weighted by Gasteiger charge is 2.35. The van der Waals surface area contributed by atoms with Crippen LogP contribution in [0.15, 0.2) is 35.5 Å². The highest BCUT2D eigenvalue weighted by atomic mass is 127. The highest BCUT2D eigenvalue weighted by Crippen LogP contribution is 2.37. The fourth-order valence-electron chi connectivity index (χ4n) is 3.93. The van der Waals surface area contributed by atoms with Crippen molar-refractivity contribution in [2.45, 2.75) is 51.9 Å². The lowest BCUT2D eigenvalue weighted by Crippen LogP contribution is -2.42. The van der Waals surface area contributed by atoms with Crippen molar-refractivity contribution < 1.29 is 4.74 Å². The van der Waals surface area contributed by atoms with Gasteiger partial charge in [0.2, 0.25) is 0 Å². The van der Waals surface area contributed by atoms with E-state index in [2.05, 4.69) is 60.7 Å². The second kappa shape index (κ2) is 12.6. The van der Waals surface area contributed by atoms with Crippen LogP contribution >= 0.6 is 35.3 Å². The van der Waals surface area contributed by atoms with Gasteiger partial charge in [-0.05, 0) is 44.2 Å². The first-order valence-corrected chi connectivity index (χ1v) is 11.6. The molecule has 0 aliphatic carbocycles. The summed E-state index contributed by atoms with van der Waals surface area (Å²) in [6.45, 7) is 10.6. The summed E-state index contributed by atoms with van der Waals surface area (Å²) >= 11 is 1.81. The minimum absolute atomic E-state index is 0. The summed E-state index contributed by atoms with van der Waals surface area (Å²) in [4.78, 5) is 10.9. The number of halogens is 1. The average molecular weight is 543 g/mol. The fraction of sp³-hybridized carbons (Fsp3) is 0.565. The number of ether oxygens (including phenoxy) is 1. The molecule has 1 aliphatic rings. The van der Waals surface area contributed by atoms with Crippen molar-refractivity contribution in [3.8, 4) is 0 Å². The number of nitrogens with zero attached hydrogens (tertiary/aromatic N) is 2. The summed E-state index contributed by atoms with van der Waals surface area (Å²) < 4.78 is 5.68. The van der Waals surface area contributed by atoms with E-state index in [1.807, 2.05) is 6.20 Å². The van der Waals surface area contributed by atoms with E-state index in [0.717, 1.165) is 64.5 Å². The fourth-order valence-corrected chi connectivity index (χ4v) is 4.79.